The van der Waals surface area contributed by atoms with E-state index in [4.69, 9.17) is 17.3 Å². The van der Waals surface area contributed by atoms with Gasteiger partial charge in [-0.05, 0) is 24.1 Å². The van der Waals surface area contributed by atoms with E-state index >= 15 is 0 Å². The van der Waals surface area contributed by atoms with Gasteiger partial charge in [-0.2, -0.15) is 0 Å². The summed E-state index contributed by atoms with van der Waals surface area (Å²) in [5.41, 5.74) is 6.12. The van der Waals surface area contributed by atoms with E-state index in [1.807, 2.05) is 30.3 Å². The highest BCUT2D eigenvalue weighted by Crippen LogP contribution is 2.26. The van der Waals surface area contributed by atoms with Crippen LogP contribution in [-0.4, -0.2) is 15.0 Å². The smallest absolute Gasteiger partial charge is 0.242 e. The van der Waals surface area contributed by atoms with Crippen molar-refractivity contribution in [3.63, 3.8) is 0 Å². The lowest BCUT2D eigenvalue weighted by Gasteiger charge is -2.09. The molecule has 0 saturated carbocycles. The Morgan fingerprint density at radius 3 is 2.52 bits per heavy atom. The third kappa shape index (κ3) is 3.93. The molecule has 0 bridgehead atoms. The normalized spacial score (nSPS) is 11.5. The third-order valence-electron chi connectivity index (χ3n) is 2.89. The van der Waals surface area contributed by atoms with Gasteiger partial charge in [0.15, 0.2) is 0 Å². The molecule has 112 valence electrons. The molecule has 0 aliphatic carbocycles. The Morgan fingerprint density at radius 2 is 1.86 bits per heavy atom. The van der Waals surface area contributed by atoms with Crippen molar-refractivity contribution in [1.82, 2.24) is 4.72 Å². The van der Waals surface area contributed by atoms with Crippen LogP contribution < -0.4 is 10.5 Å². The summed E-state index contributed by atoms with van der Waals surface area (Å²) >= 11 is 5.77. The Labute approximate surface area is 127 Å². The topological polar surface area (TPSA) is 72.2 Å². The maximum absolute atomic E-state index is 13.2. The molecule has 21 heavy (non-hydrogen) atoms. The minimum atomic E-state index is -3.83. The van der Waals surface area contributed by atoms with Crippen LogP contribution in [0.4, 0.5) is 10.1 Å². The maximum Gasteiger partial charge on any atom is 0.242 e. The highest BCUT2D eigenvalue weighted by molar-refractivity contribution is 7.89. The Morgan fingerprint density at radius 1 is 1.19 bits per heavy atom. The number of halogens is 2. The second-order valence-corrected chi connectivity index (χ2v) is 6.58. The van der Waals surface area contributed by atoms with Crippen LogP contribution in [0.2, 0.25) is 5.02 Å². The zero-order chi connectivity index (χ0) is 15.5. The van der Waals surface area contributed by atoms with Gasteiger partial charge in [0, 0.05) is 6.54 Å². The van der Waals surface area contributed by atoms with E-state index in [0.29, 0.717) is 6.42 Å². The molecule has 0 aliphatic rings. The number of anilines is 1. The number of sulfonamides is 1. The molecule has 0 unspecified atom stereocenters. The fourth-order valence-corrected chi connectivity index (χ4v) is 3.38. The average Bonchev–Trinajstić information content (AvgIpc) is 2.43. The van der Waals surface area contributed by atoms with E-state index in [2.05, 4.69) is 4.72 Å². The lowest BCUT2D eigenvalue weighted by molar-refractivity contribution is 0.581. The average molecular weight is 329 g/mol. The van der Waals surface area contributed by atoms with Crippen molar-refractivity contribution >= 4 is 27.3 Å². The molecule has 0 aromatic heterocycles. The standard InChI is InChI=1S/C14H14ClFN2O2S/c15-11-8-12(16)13(17)9-14(11)21(19,20)18-7-6-10-4-2-1-3-5-10/h1-5,8-9,18H,6-7,17H2. The molecule has 0 atom stereocenters. The summed E-state index contributed by atoms with van der Waals surface area (Å²) in [6, 6.07) is 11.3. The molecular formula is C14H14ClFN2O2S. The van der Waals surface area contributed by atoms with Crippen LogP contribution in [0.25, 0.3) is 0 Å². The largest absolute Gasteiger partial charge is 0.396 e. The summed E-state index contributed by atoms with van der Waals surface area (Å²) in [7, 11) is -3.83. The van der Waals surface area contributed by atoms with E-state index in [0.717, 1.165) is 17.7 Å². The lowest BCUT2D eigenvalue weighted by atomic mass is 10.2. The Kier molecular flexibility index (Phi) is 4.82. The van der Waals surface area contributed by atoms with Crippen LogP contribution in [0.15, 0.2) is 47.4 Å². The van der Waals surface area contributed by atoms with Gasteiger partial charge in [-0.25, -0.2) is 17.5 Å². The first-order chi connectivity index (χ1) is 9.90. The first-order valence-corrected chi connectivity index (χ1v) is 8.04. The number of nitrogen functional groups attached to an aromatic ring is 1. The van der Waals surface area contributed by atoms with Gasteiger partial charge in [0.1, 0.15) is 10.7 Å². The maximum atomic E-state index is 13.2. The fraction of sp³-hybridized carbons (Fsp3) is 0.143. The molecule has 2 rings (SSSR count). The minimum absolute atomic E-state index is 0.200. The zero-order valence-corrected chi connectivity index (χ0v) is 12.6. The summed E-state index contributed by atoms with van der Waals surface area (Å²) in [5.74, 6) is -0.747. The Bertz CT molecular complexity index is 736. The van der Waals surface area contributed by atoms with Crippen molar-refractivity contribution in [2.24, 2.45) is 0 Å². The molecular weight excluding hydrogens is 315 g/mol. The molecule has 0 aliphatic heterocycles. The second-order valence-electron chi connectivity index (χ2n) is 4.44. The van der Waals surface area contributed by atoms with Crippen LogP contribution >= 0.6 is 11.6 Å². The monoisotopic (exact) mass is 328 g/mol. The number of rotatable bonds is 5. The molecule has 0 saturated heterocycles. The van der Waals surface area contributed by atoms with Crippen LogP contribution in [0.3, 0.4) is 0 Å². The number of nitrogens with one attached hydrogen (secondary N) is 1. The highest BCUT2D eigenvalue weighted by Gasteiger charge is 2.19. The molecule has 0 radical (unpaired) electrons. The van der Waals surface area contributed by atoms with E-state index < -0.39 is 15.8 Å². The SMILES string of the molecule is Nc1cc(S(=O)(=O)NCCc2ccccc2)c(Cl)cc1F. The molecule has 7 heteroatoms. The van der Waals surface area contributed by atoms with Gasteiger partial charge in [0.2, 0.25) is 10.0 Å². The quantitative estimate of drug-likeness (QED) is 0.829. The summed E-state index contributed by atoms with van der Waals surface area (Å²) in [6.07, 6.45) is 0.536. The van der Waals surface area contributed by atoms with Gasteiger partial charge < -0.3 is 5.73 Å². The lowest BCUT2D eigenvalue weighted by Crippen LogP contribution is -2.26. The number of nitrogens with two attached hydrogens (primary N) is 1. The predicted molar refractivity (Wildman–Crippen MR) is 81.2 cm³/mol. The molecule has 0 spiro atoms. The van der Waals surface area contributed by atoms with Gasteiger partial charge in [-0.3, -0.25) is 0 Å². The molecule has 3 N–H and O–H groups in total. The van der Waals surface area contributed by atoms with Crippen molar-refractivity contribution in [3.8, 4) is 0 Å². The summed E-state index contributed by atoms with van der Waals surface area (Å²) < 4.78 is 39.9. The van der Waals surface area contributed by atoms with Crippen molar-refractivity contribution in [3.05, 3.63) is 58.9 Å². The molecule has 0 fully saturated rings. The highest BCUT2D eigenvalue weighted by atomic mass is 35.5. The van der Waals surface area contributed by atoms with Crippen molar-refractivity contribution < 1.29 is 12.8 Å². The van der Waals surface area contributed by atoms with Crippen LogP contribution in [0, 0.1) is 5.82 Å². The zero-order valence-electron chi connectivity index (χ0n) is 11.0. The molecule has 0 amide bonds. The number of benzene rings is 2. The number of hydrogen-bond acceptors (Lipinski definition) is 3. The Hall–Kier alpha value is -1.63. The van der Waals surface area contributed by atoms with E-state index in [-0.39, 0.29) is 22.2 Å². The Balaban J connectivity index is 2.10. The molecule has 4 nitrogen and oxygen atoms in total. The third-order valence-corrected chi connectivity index (χ3v) is 4.82. The van der Waals surface area contributed by atoms with Crippen LogP contribution in [-0.2, 0) is 16.4 Å². The fourth-order valence-electron chi connectivity index (χ4n) is 1.80. The van der Waals surface area contributed by atoms with Gasteiger partial charge >= 0.3 is 0 Å². The second kappa shape index (κ2) is 6.43. The minimum Gasteiger partial charge on any atom is -0.396 e. The molecule has 0 heterocycles. The summed E-state index contributed by atoms with van der Waals surface area (Å²) in [4.78, 5) is -0.226. The van der Waals surface area contributed by atoms with Crippen LogP contribution in [0.5, 0.6) is 0 Å². The predicted octanol–water partition coefficient (Wildman–Crippen LogP) is 2.58. The van der Waals surface area contributed by atoms with Gasteiger partial charge in [-0.15, -0.1) is 0 Å². The summed E-state index contributed by atoms with van der Waals surface area (Å²) in [5, 5.41) is -0.200. The molecule has 2 aromatic rings. The van der Waals surface area contributed by atoms with Gasteiger partial charge in [0.05, 0.1) is 10.7 Å². The number of hydrogen-bond donors (Lipinski definition) is 2. The van der Waals surface area contributed by atoms with Crippen LogP contribution in [0.1, 0.15) is 5.56 Å². The summed E-state index contributed by atoms with van der Waals surface area (Å²) in [6.45, 7) is 0.208. The van der Waals surface area contributed by atoms with E-state index in [1.54, 1.807) is 0 Å². The first-order valence-electron chi connectivity index (χ1n) is 6.18. The van der Waals surface area contributed by atoms with E-state index in [9.17, 15) is 12.8 Å². The van der Waals surface area contributed by atoms with Gasteiger partial charge in [0.25, 0.3) is 0 Å². The molecule has 2 aromatic carbocycles. The van der Waals surface area contributed by atoms with Crippen molar-refractivity contribution in [1.29, 1.82) is 0 Å². The van der Waals surface area contributed by atoms with Crippen molar-refractivity contribution in [2.45, 2.75) is 11.3 Å². The first kappa shape index (κ1) is 15.8. The van der Waals surface area contributed by atoms with Crippen molar-refractivity contribution in [2.75, 3.05) is 12.3 Å². The van der Waals surface area contributed by atoms with Gasteiger partial charge in [-0.1, -0.05) is 41.9 Å². The van der Waals surface area contributed by atoms with E-state index in [1.165, 1.54) is 0 Å².